The van der Waals surface area contributed by atoms with Crippen molar-refractivity contribution in [1.82, 2.24) is 16.0 Å². The highest BCUT2D eigenvalue weighted by atomic mass is 16.2. The predicted octanol–water partition coefficient (Wildman–Crippen LogP) is -0.231. The molecule has 0 radical (unpaired) electrons. The minimum atomic E-state index is -0.242. The zero-order valence-electron chi connectivity index (χ0n) is 10.0. The zero-order valence-corrected chi connectivity index (χ0v) is 10.0. The van der Waals surface area contributed by atoms with Crippen LogP contribution in [0.3, 0.4) is 0 Å². The summed E-state index contributed by atoms with van der Waals surface area (Å²) in [5, 5.41) is 8.65. The fourth-order valence-corrected chi connectivity index (χ4v) is 1.35. The van der Waals surface area contributed by atoms with Gasteiger partial charge in [0, 0.05) is 25.6 Å². The quantitative estimate of drug-likeness (QED) is 0.562. The summed E-state index contributed by atoms with van der Waals surface area (Å²) in [5.74, 6) is 0.0446. The van der Waals surface area contributed by atoms with Crippen molar-refractivity contribution in [3.8, 4) is 0 Å². The van der Waals surface area contributed by atoms with Crippen molar-refractivity contribution in [2.24, 2.45) is 0 Å². The molecule has 1 atom stereocenters. The predicted molar refractivity (Wildman–Crippen MR) is 61.9 cm³/mol. The molecule has 16 heavy (non-hydrogen) atoms. The van der Waals surface area contributed by atoms with E-state index in [0.717, 1.165) is 12.8 Å². The summed E-state index contributed by atoms with van der Waals surface area (Å²) >= 11 is 0. The van der Waals surface area contributed by atoms with Crippen LogP contribution in [-0.2, 0) is 9.59 Å². The van der Waals surface area contributed by atoms with Crippen LogP contribution < -0.4 is 16.0 Å². The first-order valence-corrected chi connectivity index (χ1v) is 5.94. The molecule has 1 saturated carbocycles. The number of hydrogen-bond acceptors (Lipinski definition) is 3. The Morgan fingerprint density at radius 3 is 2.62 bits per heavy atom. The molecule has 0 aromatic heterocycles. The Morgan fingerprint density at radius 2 is 2.06 bits per heavy atom. The molecule has 1 aliphatic carbocycles. The summed E-state index contributed by atoms with van der Waals surface area (Å²) in [6.07, 6.45) is 2.64. The number of hydrogen-bond donors (Lipinski definition) is 3. The van der Waals surface area contributed by atoms with Crippen LogP contribution in [0.4, 0.5) is 0 Å². The monoisotopic (exact) mass is 227 g/mol. The van der Waals surface area contributed by atoms with Gasteiger partial charge in [-0.05, 0) is 26.7 Å². The topological polar surface area (TPSA) is 70.2 Å². The minimum Gasteiger partial charge on any atom is -0.355 e. The summed E-state index contributed by atoms with van der Waals surface area (Å²) in [6, 6.07) is 0.169. The first-order chi connectivity index (χ1) is 7.63. The molecule has 1 aliphatic rings. The van der Waals surface area contributed by atoms with Gasteiger partial charge in [-0.2, -0.15) is 0 Å². The van der Waals surface area contributed by atoms with Crippen LogP contribution >= 0.6 is 0 Å². The van der Waals surface area contributed by atoms with Gasteiger partial charge < -0.3 is 16.0 Å². The lowest BCUT2D eigenvalue weighted by Gasteiger charge is -2.12. The van der Waals surface area contributed by atoms with Crippen molar-refractivity contribution in [3.05, 3.63) is 0 Å². The second-order valence-corrected chi connectivity index (χ2v) is 4.16. The fraction of sp³-hybridized carbons (Fsp3) is 0.818. The minimum absolute atomic E-state index is 0.0231. The van der Waals surface area contributed by atoms with Crippen molar-refractivity contribution in [2.75, 3.05) is 13.1 Å². The van der Waals surface area contributed by atoms with E-state index in [4.69, 9.17) is 0 Å². The van der Waals surface area contributed by atoms with Gasteiger partial charge in [0.1, 0.15) is 0 Å². The summed E-state index contributed by atoms with van der Waals surface area (Å²) in [7, 11) is 0. The average molecular weight is 227 g/mol. The highest BCUT2D eigenvalue weighted by molar-refractivity contribution is 5.81. The molecule has 5 heteroatoms. The van der Waals surface area contributed by atoms with E-state index in [1.54, 1.807) is 6.92 Å². The largest absolute Gasteiger partial charge is 0.355 e. The lowest BCUT2D eigenvalue weighted by molar-refractivity contribution is -0.124. The number of rotatable bonds is 7. The molecule has 0 aromatic carbocycles. The molecule has 3 N–H and O–H groups in total. The Morgan fingerprint density at radius 1 is 1.38 bits per heavy atom. The third-order valence-corrected chi connectivity index (χ3v) is 2.49. The summed E-state index contributed by atoms with van der Waals surface area (Å²) in [6.45, 7) is 4.85. The van der Waals surface area contributed by atoms with E-state index in [1.807, 2.05) is 6.92 Å². The Labute approximate surface area is 96.4 Å². The van der Waals surface area contributed by atoms with E-state index in [1.165, 1.54) is 0 Å². The normalized spacial score (nSPS) is 16.6. The molecule has 1 fully saturated rings. The third-order valence-electron chi connectivity index (χ3n) is 2.49. The lowest BCUT2D eigenvalue weighted by Crippen LogP contribution is -2.43. The van der Waals surface area contributed by atoms with Crippen LogP contribution in [0.15, 0.2) is 0 Å². The Bertz CT molecular complexity index is 252. The average Bonchev–Trinajstić information content (AvgIpc) is 3.01. The van der Waals surface area contributed by atoms with Crippen LogP contribution in [-0.4, -0.2) is 37.0 Å². The van der Waals surface area contributed by atoms with Crippen LogP contribution in [0.1, 0.15) is 33.1 Å². The maximum atomic E-state index is 11.3. The number of carbonyl (C=O) groups is 2. The number of nitrogens with one attached hydrogen (secondary N) is 3. The molecule has 2 amide bonds. The van der Waals surface area contributed by atoms with Gasteiger partial charge in [-0.25, -0.2) is 0 Å². The Kier molecular flexibility index (Phi) is 5.25. The van der Waals surface area contributed by atoms with Gasteiger partial charge in [0.25, 0.3) is 0 Å². The SMILES string of the molecule is CCNC(=O)C(C)NCCC(=O)NC1CC1. The van der Waals surface area contributed by atoms with Gasteiger partial charge in [0.15, 0.2) is 0 Å². The zero-order chi connectivity index (χ0) is 12.0. The van der Waals surface area contributed by atoms with Crippen molar-refractivity contribution >= 4 is 11.8 Å². The van der Waals surface area contributed by atoms with E-state index < -0.39 is 0 Å². The van der Waals surface area contributed by atoms with E-state index in [0.29, 0.717) is 25.6 Å². The van der Waals surface area contributed by atoms with Crippen molar-refractivity contribution in [1.29, 1.82) is 0 Å². The van der Waals surface area contributed by atoms with Gasteiger partial charge in [0.05, 0.1) is 6.04 Å². The molecule has 1 rings (SSSR count). The van der Waals surface area contributed by atoms with Gasteiger partial charge in [-0.1, -0.05) is 0 Å². The fourth-order valence-electron chi connectivity index (χ4n) is 1.35. The first kappa shape index (κ1) is 13.0. The number of likely N-dealkylation sites (N-methyl/N-ethyl adjacent to an activating group) is 1. The highest BCUT2D eigenvalue weighted by Gasteiger charge is 2.22. The first-order valence-electron chi connectivity index (χ1n) is 5.94. The second-order valence-electron chi connectivity index (χ2n) is 4.16. The number of carbonyl (C=O) groups excluding carboxylic acids is 2. The molecule has 1 unspecified atom stereocenters. The van der Waals surface area contributed by atoms with Crippen LogP contribution in [0.2, 0.25) is 0 Å². The molecular weight excluding hydrogens is 206 g/mol. The van der Waals surface area contributed by atoms with Crippen molar-refractivity contribution < 1.29 is 9.59 Å². The van der Waals surface area contributed by atoms with Crippen LogP contribution in [0.25, 0.3) is 0 Å². The summed E-state index contributed by atoms with van der Waals surface area (Å²) < 4.78 is 0. The van der Waals surface area contributed by atoms with E-state index in [2.05, 4.69) is 16.0 Å². The lowest BCUT2D eigenvalue weighted by atomic mass is 10.3. The van der Waals surface area contributed by atoms with Crippen molar-refractivity contribution in [3.63, 3.8) is 0 Å². The molecule has 0 aliphatic heterocycles. The standard InChI is InChI=1S/C11H21N3O2/c1-3-12-11(16)8(2)13-7-6-10(15)14-9-4-5-9/h8-9,13H,3-7H2,1-2H3,(H,12,16)(H,14,15). The molecule has 0 heterocycles. The third kappa shape index (κ3) is 5.11. The van der Waals surface area contributed by atoms with Crippen LogP contribution in [0.5, 0.6) is 0 Å². The maximum Gasteiger partial charge on any atom is 0.236 e. The van der Waals surface area contributed by atoms with Crippen LogP contribution in [0, 0.1) is 0 Å². The van der Waals surface area contributed by atoms with Gasteiger partial charge in [-0.15, -0.1) is 0 Å². The summed E-state index contributed by atoms with van der Waals surface area (Å²) in [5.41, 5.74) is 0. The second kappa shape index (κ2) is 6.48. The van der Waals surface area contributed by atoms with E-state index in [-0.39, 0.29) is 17.9 Å². The molecule has 0 saturated heterocycles. The van der Waals surface area contributed by atoms with Crippen molar-refractivity contribution in [2.45, 2.75) is 45.2 Å². The Balaban J connectivity index is 2.04. The number of amides is 2. The molecule has 92 valence electrons. The summed E-state index contributed by atoms with van der Waals surface area (Å²) in [4.78, 5) is 22.7. The van der Waals surface area contributed by atoms with E-state index in [9.17, 15) is 9.59 Å². The molecule has 5 nitrogen and oxygen atoms in total. The maximum absolute atomic E-state index is 11.3. The molecule has 0 spiro atoms. The highest BCUT2D eigenvalue weighted by Crippen LogP contribution is 2.18. The van der Waals surface area contributed by atoms with Gasteiger partial charge in [0.2, 0.25) is 11.8 Å². The van der Waals surface area contributed by atoms with E-state index >= 15 is 0 Å². The molecule has 0 bridgehead atoms. The molecular formula is C11H21N3O2. The smallest absolute Gasteiger partial charge is 0.236 e. The molecule has 0 aromatic rings. The van der Waals surface area contributed by atoms with Gasteiger partial charge >= 0.3 is 0 Å². The van der Waals surface area contributed by atoms with Gasteiger partial charge in [-0.3, -0.25) is 9.59 Å². The Hall–Kier alpha value is -1.10.